The van der Waals surface area contributed by atoms with Crippen molar-refractivity contribution in [3.05, 3.63) is 23.8 Å². The van der Waals surface area contributed by atoms with Crippen LogP contribution in [0.2, 0.25) is 0 Å². The van der Waals surface area contributed by atoms with Gasteiger partial charge in [-0.15, -0.1) is 0 Å². The van der Waals surface area contributed by atoms with Gasteiger partial charge in [-0.25, -0.2) is 0 Å². The van der Waals surface area contributed by atoms with E-state index in [9.17, 15) is 0 Å². The molecule has 0 aliphatic carbocycles. The normalized spacial score (nSPS) is 23.1. The van der Waals surface area contributed by atoms with Crippen molar-refractivity contribution in [2.24, 2.45) is 0 Å². The van der Waals surface area contributed by atoms with E-state index in [1.165, 1.54) is 38.3 Å². The zero-order chi connectivity index (χ0) is 13.7. The first kappa shape index (κ1) is 14.2. The Hall–Kier alpha value is -1.26. The lowest BCUT2D eigenvalue weighted by atomic mass is 10.1. The quantitative estimate of drug-likeness (QED) is 0.716. The Labute approximate surface area is 115 Å². The number of ether oxygens (including phenoxy) is 2. The largest absolute Gasteiger partial charge is 0.493 e. The molecule has 2 N–H and O–H groups in total. The fourth-order valence-electron chi connectivity index (χ4n) is 2.85. The summed E-state index contributed by atoms with van der Waals surface area (Å²) < 4.78 is 10.9. The Kier molecular flexibility index (Phi) is 5.05. The second-order valence-electron chi connectivity index (χ2n) is 5.18. The van der Waals surface area contributed by atoms with Gasteiger partial charge in [0.25, 0.3) is 0 Å². The molecule has 0 saturated carbocycles. The summed E-state index contributed by atoms with van der Waals surface area (Å²) in [6.45, 7) is 9.57. The monoisotopic (exact) mass is 266 g/mol. The number of likely N-dealkylation sites (N-methyl/N-ethyl adjacent to an activating group) is 1. The van der Waals surface area contributed by atoms with Crippen LogP contribution in [0.25, 0.3) is 0 Å². The summed E-state index contributed by atoms with van der Waals surface area (Å²) in [5.41, 5.74) is 1.25. The number of benzene rings is 1. The molecule has 4 nitrogen and oxygen atoms in total. The van der Waals surface area contributed by atoms with Gasteiger partial charge >= 0.3 is 0 Å². The molecule has 0 atom stereocenters. The van der Waals surface area contributed by atoms with Crippen LogP contribution in [0, 0.1) is 0 Å². The zero-order valence-electron chi connectivity index (χ0n) is 12.3. The van der Waals surface area contributed by atoms with Crippen LogP contribution in [0.1, 0.15) is 12.5 Å². The number of nitrogens with one attached hydrogen (secondary N) is 2. The van der Waals surface area contributed by atoms with Crippen LogP contribution in [0.15, 0.2) is 18.2 Å². The van der Waals surface area contributed by atoms with Gasteiger partial charge in [0.05, 0.1) is 26.3 Å². The molecule has 1 heterocycles. The Morgan fingerprint density at radius 1 is 1.00 bits per heavy atom. The summed E-state index contributed by atoms with van der Waals surface area (Å²) in [6.07, 6.45) is 0. The van der Waals surface area contributed by atoms with E-state index in [4.69, 9.17) is 9.47 Å². The molecule has 0 amide bonds. The summed E-state index contributed by atoms with van der Waals surface area (Å²) in [6, 6.07) is 6.15. The Morgan fingerprint density at radius 2 is 1.68 bits per heavy atom. The predicted molar refractivity (Wildman–Crippen MR) is 75.2 cm³/mol. The van der Waals surface area contributed by atoms with Gasteiger partial charge in [-0.1, -0.05) is 6.07 Å². The third-order valence-corrected chi connectivity index (χ3v) is 4.09. The average Bonchev–Trinajstić information content (AvgIpc) is 2.47. The topological polar surface area (TPSA) is 27.3 Å². The highest BCUT2D eigenvalue weighted by atomic mass is 16.5. The molecule has 1 aromatic rings. The molecular formula is C15H26N2O2+2. The van der Waals surface area contributed by atoms with Crippen molar-refractivity contribution in [2.75, 3.05) is 46.9 Å². The molecule has 106 valence electrons. The van der Waals surface area contributed by atoms with Crippen LogP contribution in [0.4, 0.5) is 0 Å². The highest BCUT2D eigenvalue weighted by Gasteiger charge is 2.23. The van der Waals surface area contributed by atoms with Crippen molar-refractivity contribution in [2.45, 2.75) is 13.5 Å². The lowest BCUT2D eigenvalue weighted by Gasteiger charge is -2.29. The summed E-state index contributed by atoms with van der Waals surface area (Å²) in [5, 5.41) is 0. The molecule has 1 fully saturated rings. The number of methoxy groups -OCH3 is 2. The summed E-state index contributed by atoms with van der Waals surface area (Å²) in [7, 11) is 3.41. The number of hydrogen-bond donors (Lipinski definition) is 2. The number of hydrogen-bond acceptors (Lipinski definition) is 2. The molecule has 0 unspecified atom stereocenters. The van der Waals surface area contributed by atoms with Gasteiger partial charge in [-0.3, -0.25) is 0 Å². The predicted octanol–water partition coefficient (Wildman–Crippen LogP) is -0.993. The average molecular weight is 266 g/mol. The molecular weight excluding hydrogens is 240 g/mol. The number of para-hydroxylation sites is 1. The van der Waals surface area contributed by atoms with Crippen LogP contribution < -0.4 is 19.3 Å². The van der Waals surface area contributed by atoms with Gasteiger partial charge in [0.1, 0.15) is 32.7 Å². The third-order valence-electron chi connectivity index (χ3n) is 4.09. The van der Waals surface area contributed by atoms with E-state index in [1.807, 2.05) is 12.1 Å². The fraction of sp³-hybridized carbons (Fsp3) is 0.600. The van der Waals surface area contributed by atoms with Crippen LogP contribution in [0.5, 0.6) is 11.5 Å². The maximum atomic E-state index is 5.51. The first-order valence-electron chi connectivity index (χ1n) is 7.15. The molecule has 1 aliphatic heterocycles. The zero-order valence-corrected chi connectivity index (χ0v) is 12.3. The van der Waals surface area contributed by atoms with Crippen molar-refractivity contribution in [3.63, 3.8) is 0 Å². The highest BCUT2D eigenvalue weighted by Crippen LogP contribution is 2.29. The van der Waals surface area contributed by atoms with E-state index in [0.29, 0.717) is 0 Å². The van der Waals surface area contributed by atoms with Crippen LogP contribution >= 0.6 is 0 Å². The highest BCUT2D eigenvalue weighted by molar-refractivity contribution is 5.46. The van der Waals surface area contributed by atoms with E-state index >= 15 is 0 Å². The van der Waals surface area contributed by atoms with Crippen LogP contribution in [-0.4, -0.2) is 46.9 Å². The first-order chi connectivity index (χ1) is 9.28. The molecule has 4 heteroatoms. The second-order valence-corrected chi connectivity index (χ2v) is 5.18. The number of piperazine rings is 1. The van der Waals surface area contributed by atoms with Crippen molar-refractivity contribution < 1.29 is 19.3 Å². The van der Waals surface area contributed by atoms with E-state index in [1.54, 1.807) is 24.0 Å². The molecule has 2 rings (SSSR count). The Balaban J connectivity index is 2.03. The minimum absolute atomic E-state index is 0.831. The standard InChI is InChI=1S/C15H24N2O2/c1-4-16-8-10-17(11-9-16)12-13-6-5-7-14(18-2)15(13)19-3/h5-7H,4,8-12H2,1-3H3/p+2. The molecule has 1 aliphatic rings. The summed E-state index contributed by atoms with van der Waals surface area (Å²) in [5.74, 6) is 1.72. The second kappa shape index (κ2) is 6.78. The van der Waals surface area contributed by atoms with Crippen LogP contribution in [-0.2, 0) is 6.54 Å². The fourth-order valence-corrected chi connectivity index (χ4v) is 2.85. The summed E-state index contributed by atoms with van der Waals surface area (Å²) >= 11 is 0. The van der Waals surface area contributed by atoms with Gasteiger partial charge in [-0.05, 0) is 19.1 Å². The lowest BCUT2D eigenvalue weighted by molar-refractivity contribution is -1.02. The maximum Gasteiger partial charge on any atom is 0.169 e. The van der Waals surface area contributed by atoms with Crippen molar-refractivity contribution in [1.29, 1.82) is 0 Å². The SMILES string of the molecule is CC[NH+]1CC[NH+](Cc2cccc(OC)c2OC)CC1. The van der Waals surface area contributed by atoms with E-state index in [-0.39, 0.29) is 0 Å². The smallest absolute Gasteiger partial charge is 0.169 e. The summed E-state index contributed by atoms with van der Waals surface area (Å²) in [4.78, 5) is 3.37. The molecule has 0 aromatic heterocycles. The number of rotatable bonds is 5. The minimum Gasteiger partial charge on any atom is -0.493 e. The molecule has 0 bridgehead atoms. The van der Waals surface area contributed by atoms with E-state index < -0.39 is 0 Å². The molecule has 1 aromatic carbocycles. The molecule has 0 radical (unpaired) electrons. The van der Waals surface area contributed by atoms with Crippen molar-refractivity contribution in [1.82, 2.24) is 0 Å². The Morgan fingerprint density at radius 3 is 2.26 bits per heavy atom. The van der Waals surface area contributed by atoms with Gasteiger partial charge in [0, 0.05) is 0 Å². The Bertz CT molecular complexity index is 401. The third kappa shape index (κ3) is 3.39. The van der Waals surface area contributed by atoms with Crippen molar-refractivity contribution >= 4 is 0 Å². The van der Waals surface area contributed by atoms with E-state index in [0.717, 1.165) is 18.0 Å². The van der Waals surface area contributed by atoms with Gasteiger partial charge < -0.3 is 19.3 Å². The molecule has 1 saturated heterocycles. The maximum absolute atomic E-state index is 5.51. The van der Waals surface area contributed by atoms with Gasteiger partial charge in [-0.2, -0.15) is 0 Å². The number of quaternary nitrogens is 2. The van der Waals surface area contributed by atoms with Gasteiger partial charge in [0.15, 0.2) is 11.5 Å². The lowest BCUT2D eigenvalue weighted by Crippen LogP contribution is -3.27. The van der Waals surface area contributed by atoms with Crippen LogP contribution in [0.3, 0.4) is 0 Å². The van der Waals surface area contributed by atoms with E-state index in [2.05, 4.69) is 13.0 Å². The molecule has 0 spiro atoms. The molecule has 19 heavy (non-hydrogen) atoms. The minimum atomic E-state index is 0.831. The van der Waals surface area contributed by atoms with Gasteiger partial charge in [0.2, 0.25) is 0 Å². The van der Waals surface area contributed by atoms with Crippen molar-refractivity contribution in [3.8, 4) is 11.5 Å². The first-order valence-corrected chi connectivity index (χ1v) is 7.15.